The van der Waals surface area contributed by atoms with E-state index in [2.05, 4.69) is 23.8 Å². The minimum absolute atomic E-state index is 0.285. The van der Waals surface area contributed by atoms with Crippen molar-refractivity contribution in [2.75, 3.05) is 12.3 Å². The van der Waals surface area contributed by atoms with Crippen LogP contribution in [0.3, 0.4) is 0 Å². The van der Waals surface area contributed by atoms with Crippen LogP contribution in [0.2, 0.25) is 0 Å². The van der Waals surface area contributed by atoms with Crippen LogP contribution in [-0.2, 0) is 0 Å². The van der Waals surface area contributed by atoms with Crippen molar-refractivity contribution in [3.63, 3.8) is 0 Å². The lowest BCUT2D eigenvalue weighted by atomic mass is 10.1. The molecular weight excluding hydrogens is 226 g/mol. The number of anilines is 1. The van der Waals surface area contributed by atoms with Crippen LogP contribution in [0.1, 0.15) is 13.8 Å². The third kappa shape index (κ3) is 3.20. The average Bonchev–Trinajstić information content (AvgIpc) is 2.37. The Kier molecular flexibility index (Phi) is 3.77. The van der Waals surface area contributed by atoms with E-state index >= 15 is 0 Å². The summed E-state index contributed by atoms with van der Waals surface area (Å²) in [6, 6.07) is 9.65. The van der Waals surface area contributed by atoms with Crippen molar-refractivity contribution in [2.45, 2.75) is 13.8 Å². The largest absolute Gasteiger partial charge is 0.493 e. The van der Waals surface area contributed by atoms with Gasteiger partial charge in [0, 0.05) is 11.8 Å². The molecule has 0 aliphatic heterocycles. The van der Waals surface area contributed by atoms with E-state index in [9.17, 15) is 0 Å². The fourth-order valence-corrected chi connectivity index (χ4v) is 1.52. The number of hydrogen-bond donors (Lipinski definition) is 1. The Hall–Kier alpha value is -2.10. The van der Waals surface area contributed by atoms with Crippen LogP contribution in [0, 0.1) is 5.92 Å². The van der Waals surface area contributed by atoms with Gasteiger partial charge in [0.05, 0.1) is 12.3 Å². The number of nitrogen functional groups attached to an aromatic ring is 1. The van der Waals surface area contributed by atoms with Gasteiger partial charge >= 0.3 is 0 Å². The molecule has 0 saturated heterocycles. The van der Waals surface area contributed by atoms with Crippen LogP contribution in [0.15, 0.2) is 36.5 Å². The van der Waals surface area contributed by atoms with Gasteiger partial charge in [-0.15, -0.1) is 0 Å². The molecule has 0 bridgehead atoms. The predicted octanol–water partition coefficient (Wildman–Crippen LogP) is 2.76. The second-order valence-corrected chi connectivity index (χ2v) is 4.53. The molecule has 1 aromatic carbocycles. The normalized spacial score (nSPS) is 10.6. The number of nitrogens with zero attached hydrogens (tertiary/aromatic N) is 2. The molecule has 0 spiro atoms. The monoisotopic (exact) mass is 243 g/mol. The minimum atomic E-state index is 0.285. The topological polar surface area (TPSA) is 61.0 Å². The van der Waals surface area contributed by atoms with Crippen LogP contribution in [0.4, 0.5) is 5.95 Å². The first kappa shape index (κ1) is 12.4. The van der Waals surface area contributed by atoms with Gasteiger partial charge in [-0.25, -0.2) is 9.97 Å². The van der Waals surface area contributed by atoms with E-state index in [4.69, 9.17) is 10.5 Å². The standard InChI is InChI=1S/C14H17N3O/c1-10(2)9-18-12-5-3-11(4-6-12)13-7-8-16-14(15)17-13/h3-8,10H,9H2,1-2H3,(H2,15,16,17). The molecule has 2 rings (SSSR count). The molecule has 4 heteroatoms. The number of hydrogen-bond acceptors (Lipinski definition) is 4. The molecule has 2 N–H and O–H groups in total. The van der Waals surface area contributed by atoms with Crippen LogP contribution in [-0.4, -0.2) is 16.6 Å². The number of ether oxygens (including phenoxy) is 1. The van der Waals surface area contributed by atoms with Crippen molar-refractivity contribution in [2.24, 2.45) is 5.92 Å². The van der Waals surface area contributed by atoms with Gasteiger partial charge in [0.1, 0.15) is 5.75 Å². The van der Waals surface area contributed by atoms with Gasteiger partial charge in [-0.3, -0.25) is 0 Å². The summed E-state index contributed by atoms with van der Waals surface area (Å²) >= 11 is 0. The molecule has 94 valence electrons. The maximum absolute atomic E-state index is 5.62. The van der Waals surface area contributed by atoms with Crippen LogP contribution in [0.25, 0.3) is 11.3 Å². The summed E-state index contributed by atoms with van der Waals surface area (Å²) in [6.45, 7) is 4.97. The fraction of sp³-hybridized carbons (Fsp3) is 0.286. The zero-order chi connectivity index (χ0) is 13.0. The Morgan fingerprint density at radius 2 is 1.89 bits per heavy atom. The maximum Gasteiger partial charge on any atom is 0.220 e. The molecular formula is C14H17N3O. The Balaban J connectivity index is 2.12. The smallest absolute Gasteiger partial charge is 0.220 e. The molecule has 4 nitrogen and oxygen atoms in total. The quantitative estimate of drug-likeness (QED) is 0.897. The van der Waals surface area contributed by atoms with Gasteiger partial charge in [0.25, 0.3) is 0 Å². The highest BCUT2D eigenvalue weighted by Crippen LogP contribution is 2.21. The zero-order valence-corrected chi connectivity index (χ0v) is 10.6. The van der Waals surface area contributed by atoms with E-state index < -0.39 is 0 Å². The SMILES string of the molecule is CC(C)COc1ccc(-c2ccnc(N)n2)cc1. The predicted molar refractivity (Wildman–Crippen MR) is 72.2 cm³/mol. The number of aromatic nitrogens is 2. The van der Waals surface area contributed by atoms with Crippen LogP contribution >= 0.6 is 0 Å². The van der Waals surface area contributed by atoms with E-state index in [1.54, 1.807) is 6.20 Å². The first-order chi connectivity index (χ1) is 8.65. The molecule has 2 aromatic rings. The van der Waals surface area contributed by atoms with Crippen molar-refractivity contribution in [1.29, 1.82) is 0 Å². The van der Waals surface area contributed by atoms with Crippen molar-refractivity contribution < 1.29 is 4.74 Å². The summed E-state index contributed by atoms with van der Waals surface area (Å²) in [6.07, 6.45) is 1.65. The summed E-state index contributed by atoms with van der Waals surface area (Å²) in [5.74, 6) is 1.67. The lowest BCUT2D eigenvalue weighted by Gasteiger charge is -2.09. The van der Waals surface area contributed by atoms with Crippen molar-refractivity contribution in [3.8, 4) is 17.0 Å². The van der Waals surface area contributed by atoms with Crippen molar-refractivity contribution >= 4 is 5.95 Å². The van der Waals surface area contributed by atoms with E-state index in [1.807, 2.05) is 30.3 Å². The van der Waals surface area contributed by atoms with Crippen molar-refractivity contribution in [1.82, 2.24) is 9.97 Å². The first-order valence-electron chi connectivity index (χ1n) is 5.97. The maximum atomic E-state index is 5.62. The fourth-order valence-electron chi connectivity index (χ4n) is 1.52. The lowest BCUT2D eigenvalue weighted by molar-refractivity contribution is 0.271. The lowest BCUT2D eigenvalue weighted by Crippen LogP contribution is -2.04. The van der Waals surface area contributed by atoms with E-state index in [-0.39, 0.29) is 5.95 Å². The Morgan fingerprint density at radius 3 is 2.50 bits per heavy atom. The summed E-state index contributed by atoms with van der Waals surface area (Å²) in [4.78, 5) is 8.05. The molecule has 0 radical (unpaired) electrons. The highest BCUT2D eigenvalue weighted by Gasteiger charge is 2.01. The second-order valence-electron chi connectivity index (χ2n) is 4.53. The molecule has 1 aromatic heterocycles. The van der Waals surface area contributed by atoms with E-state index in [1.165, 1.54) is 0 Å². The number of nitrogens with two attached hydrogens (primary N) is 1. The Bertz CT molecular complexity index is 509. The Labute approximate surface area is 107 Å². The average molecular weight is 243 g/mol. The summed E-state index contributed by atoms with van der Waals surface area (Å²) in [5, 5.41) is 0. The van der Waals surface area contributed by atoms with Gasteiger partial charge < -0.3 is 10.5 Å². The van der Waals surface area contributed by atoms with Gasteiger partial charge in [-0.05, 0) is 36.2 Å². The summed E-state index contributed by atoms with van der Waals surface area (Å²) < 4.78 is 5.62. The third-order valence-electron chi connectivity index (χ3n) is 2.41. The summed E-state index contributed by atoms with van der Waals surface area (Å²) in [5.41, 5.74) is 7.38. The Morgan fingerprint density at radius 1 is 1.17 bits per heavy atom. The van der Waals surface area contributed by atoms with E-state index in [0.29, 0.717) is 5.92 Å². The number of rotatable bonds is 4. The van der Waals surface area contributed by atoms with Gasteiger partial charge in [-0.1, -0.05) is 13.8 Å². The van der Waals surface area contributed by atoms with Gasteiger partial charge in [0.2, 0.25) is 5.95 Å². The van der Waals surface area contributed by atoms with Crippen molar-refractivity contribution in [3.05, 3.63) is 36.5 Å². The molecule has 0 amide bonds. The van der Waals surface area contributed by atoms with Gasteiger partial charge in [-0.2, -0.15) is 0 Å². The summed E-state index contributed by atoms with van der Waals surface area (Å²) in [7, 11) is 0. The van der Waals surface area contributed by atoms with E-state index in [0.717, 1.165) is 23.6 Å². The zero-order valence-electron chi connectivity index (χ0n) is 10.6. The number of benzene rings is 1. The van der Waals surface area contributed by atoms with Crippen LogP contribution in [0.5, 0.6) is 5.75 Å². The highest BCUT2D eigenvalue weighted by atomic mass is 16.5. The molecule has 18 heavy (non-hydrogen) atoms. The van der Waals surface area contributed by atoms with Gasteiger partial charge in [0.15, 0.2) is 0 Å². The van der Waals surface area contributed by atoms with Crippen LogP contribution < -0.4 is 10.5 Å². The second kappa shape index (κ2) is 5.49. The first-order valence-corrected chi connectivity index (χ1v) is 5.97. The molecule has 0 saturated carbocycles. The molecule has 0 unspecified atom stereocenters. The molecule has 1 heterocycles. The highest BCUT2D eigenvalue weighted by molar-refractivity contribution is 5.60. The minimum Gasteiger partial charge on any atom is -0.493 e. The molecule has 0 aliphatic rings. The molecule has 0 atom stereocenters. The third-order valence-corrected chi connectivity index (χ3v) is 2.41. The molecule has 0 aliphatic carbocycles. The molecule has 0 fully saturated rings.